The van der Waals surface area contributed by atoms with Crippen LogP contribution < -0.4 is 0 Å². The van der Waals surface area contributed by atoms with Gasteiger partial charge in [0, 0.05) is 13.2 Å². The van der Waals surface area contributed by atoms with Crippen LogP contribution in [0.2, 0.25) is 0 Å². The standard InChI is InChI=1S/C3H8O2.FH/c4-2-1-3-5;/h4-5H,1-3H2;1H. The number of aliphatic hydroxyl groups is 2. The molecule has 0 saturated carbocycles. The van der Waals surface area contributed by atoms with Crippen LogP contribution in [0.5, 0.6) is 0 Å². The van der Waals surface area contributed by atoms with E-state index in [1.165, 1.54) is 0 Å². The smallest absolute Gasteiger partial charge is 0.0452 e. The Morgan fingerprint density at radius 1 is 1.00 bits per heavy atom. The van der Waals surface area contributed by atoms with Gasteiger partial charge in [0.05, 0.1) is 0 Å². The Labute approximate surface area is 35.8 Å². The van der Waals surface area contributed by atoms with Gasteiger partial charge < -0.3 is 10.2 Å². The molecule has 0 rings (SSSR count). The number of aliphatic hydroxyl groups excluding tert-OH is 2. The molecule has 0 spiro atoms. The Morgan fingerprint density at radius 3 is 1.33 bits per heavy atom. The molecule has 0 aliphatic heterocycles. The molecule has 6 heavy (non-hydrogen) atoms. The van der Waals surface area contributed by atoms with Crippen LogP contribution in [0.15, 0.2) is 0 Å². The maximum atomic E-state index is 7.91. The van der Waals surface area contributed by atoms with E-state index in [0.717, 1.165) is 0 Å². The molecule has 0 fully saturated rings. The fourth-order valence-corrected chi connectivity index (χ4v) is 0.0707. The van der Waals surface area contributed by atoms with Crippen molar-refractivity contribution in [2.24, 2.45) is 0 Å². The summed E-state index contributed by atoms with van der Waals surface area (Å²) < 4.78 is 0. The Balaban J connectivity index is 0. The van der Waals surface area contributed by atoms with Crippen LogP contribution >= 0.6 is 0 Å². The Kier molecular flexibility index (Phi) is 13.7. The lowest BCUT2D eigenvalue weighted by Gasteiger charge is -1.79. The van der Waals surface area contributed by atoms with Gasteiger partial charge in [-0.1, -0.05) is 0 Å². The minimum atomic E-state index is 0. The zero-order valence-electron chi connectivity index (χ0n) is 3.42. The molecule has 0 aromatic rings. The molecule has 0 radical (unpaired) electrons. The molecule has 40 valence electrons. The van der Waals surface area contributed by atoms with E-state index in [1.54, 1.807) is 0 Å². The fourth-order valence-electron chi connectivity index (χ4n) is 0.0707. The van der Waals surface area contributed by atoms with Crippen molar-refractivity contribution in [2.75, 3.05) is 13.2 Å². The SMILES string of the molecule is F.OCCCO. The van der Waals surface area contributed by atoms with Gasteiger partial charge in [0.1, 0.15) is 0 Å². The van der Waals surface area contributed by atoms with Crippen molar-refractivity contribution < 1.29 is 14.9 Å². The van der Waals surface area contributed by atoms with Crippen molar-refractivity contribution in [3.05, 3.63) is 0 Å². The third-order valence-electron chi connectivity index (χ3n) is 0.316. The van der Waals surface area contributed by atoms with Gasteiger partial charge in [-0.2, -0.15) is 0 Å². The van der Waals surface area contributed by atoms with Crippen LogP contribution in [-0.4, -0.2) is 23.4 Å². The fraction of sp³-hybridized carbons (Fsp3) is 1.00. The predicted molar refractivity (Wildman–Crippen MR) is 21.3 cm³/mol. The molecular weight excluding hydrogens is 87.0 g/mol. The van der Waals surface area contributed by atoms with E-state index in [0.29, 0.717) is 6.42 Å². The molecule has 2 N–H and O–H groups in total. The normalized spacial score (nSPS) is 7.00. The van der Waals surface area contributed by atoms with Crippen molar-refractivity contribution in [1.29, 1.82) is 0 Å². The highest BCUT2D eigenvalue weighted by Crippen LogP contribution is 1.65. The van der Waals surface area contributed by atoms with Crippen LogP contribution in [-0.2, 0) is 0 Å². The molecule has 2 nitrogen and oxygen atoms in total. The van der Waals surface area contributed by atoms with Crippen molar-refractivity contribution in [1.82, 2.24) is 0 Å². The second-order valence-corrected chi connectivity index (χ2v) is 0.801. The van der Waals surface area contributed by atoms with Crippen molar-refractivity contribution in [2.45, 2.75) is 6.42 Å². The van der Waals surface area contributed by atoms with Gasteiger partial charge in [-0.25, -0.2) is 0 Å². The molecule has 0 aliphatic carbocycles. The highest BCUT2D eigenvalue weighted by atomic mass is 19.0. The number of hydrogen-bond donors (Lipinski definition) is 2. The summed E-state index contributed by atoms with van der Waals surface area (Å²) in [5, 5.41) is 15.8. The molecule has 3 heteroatoms. The third-order valence-corrected chi connectivity index (χ3v) is 0.316. The van der Waals surface area contributed by atoms with E-state index in [4.69, 9.17) is 10.2 Å². The molecule has 0 aliphatic rings. The van der Waals surface area contributed by atoms with E-state index >= 15 is 0 Å². The first kappa shape index (κ1) is 9.28. The van der Waals surface area contributed by atoms with E-state index in [-0.39, 0.29) is 17.9 Å². The Bertz CT molecular complexity index is 16.3. The quantitative estimate of drug-likeness (QED) is 0.487. The first-order valence-electron chi connectivity index (χ1n) is 1.63. The highest BCUT2D eigenvalue weighted by molar-refractivity contribution is 4.22. The summed E-state index contributed by atoms with van der Waals surface area (Å²) in [6, 6.07) is 0. The minimum absolute atomic E-state index is 0. The van der Waals surface area contributed by atoms with Gasteiger partial charge in [0.25, 0.3) is 0 Å². The summed E-state index contributed by atoms with van der Waals surface area (Å²) in [4.78, 5) is 0. The molecule has 0 aromatic heterocycles. The Hall–Kier alpha value is -0.150. The van der Waals surface area contributed by atoms with E-state index < -0.39 is 0 Å². The van der Waals surface area contributed by atoms with Crippen LogP contribution in [0.3, 0.4) is 0 Å². The van der Waals surface area contributed by atoms with Crippen LogP contribution in [0, 0.1) is 0 Å². The second-order valence-electron chi connectivity index (χ2n) is 0.801. The molecule has 0 bridgehead atoms. The van der Waals surface area contributed by atoms with Gasteiger partial charge in [0.15, 0.2) is 0 Å². The van der Waals surface area contributed by atoms with E-state index in [2.05, 4.69) is 0 Å². The third kappa shape index (κ3) is 9.14. The van der Waals surface area contributed by atoms with Crippen molar-refractivity contribution >= 4 is 0 Å². The lowest BCUT2D eigenvalue weighted by Crippen LogP contribution is -1.85. The zero-order valence-corrected chi connectivity index (χ0v) is 3.42. The number of hydrogen-bond acceptors (Lipinski definition) is 2. The summed E-state index contributed by atoms with van der Waals surface area (Å²) in [7, 11) is 0. The van der Waals surface area contributed by atoms with Gasteiger partial charge in [-0.05, 0) is 6.42 Å². The number of halogens is 1. The Morgan fingerprint density at radius 2 is 1.33 bits per heavy atom. The van der Waals surface area contributed by atoms with Gasteiger partial charge in [0.2, 0.25) is 0 Å². The van der Waals surface area contributed by atoms with Crippen molar-refractivity contribution in [3.63, 3.8) is 0 Å². The average molecular weight is 96.1 g/mol. The molecule has 0 unspecified atom stereocenters. The van der Waals surface area contributed by atoms with Crippen molar-refractivity contribution in [3.8, 4) is 0 Å². The predicted octanol–water partition coefficient (Wildman–Crippen LogP) is -0.486. The lowest BCUT2D eigenvalue weighted by molar-refractivity contribution is 0.221. The summed E-state index contributed by atoms with van der Waals surface area (Å²) in [5.41, 5.74) is 0. The first-order chi connectivity index (χ1) is 2.41. The number of rotatable bonds is 2. The second kappa shape index (κ2) is 8.85. The summed E-state index contributed by atoms with van der Waals surface area (Å²) in [5.74, 6) is 0. The first-order valence-corrected chi connectivity index (χ1v) is 1.63. The maximum Gasteiger partial charge on any atom is 0.0452 e. The molecule has 0 aromatic carbocycles. The maximum absolute atomic E-state index is 7.91. The van der Waals surface area contributed by atoms with Crippen LogP contribution in [0.1, 0.15) is 6.42 Å². The summed E-state index contributed by atoms with van der Waals surface area (Å²) in [6.07, 6.45) is 0.500. The molecule has 0 amide bonds. The minimum Gasteiger partial charge on any atom is -0.396 e. The van der Waals surface area contributed by atoms with Gasteiger partial charge in [-0.3, -0.25) is 4.70 Å². The molecule has 0 heterocycles. The summed E-state index contributed by atoms with van der Waals surface area (Å²) >= 11 is 0. The zero-order chi connectivity index (χ0) is 4.12. The molecular formula is C3H9FO2. The van der Waals surface area contributed by atoms with E-state index in [9.17, 15) is 0 Å². The van der Waals surface area contributed by atoms with E-state index in [1.807, 2.05) is 0 Å². The largest absolute Gasteiger partial charge is 0.396 e. The molecule has 0 atom stereocenters. The monoisotopic (exact) mass is 96.1 g/mol. The van der Waals surface area contributed by atoms with Crippen LogP contribution in [0.4, 0.5) is 4.70 Å². The average Bonchev–Trinajstić information content (AvgIpc) is 1.41. The van der Waals surface area contributed by atoms with Gasteiger partial charge in [-0.15, -0.1) is 0 Å². The topological polar surface area (TPSA) is 40.5 Å². The summed E-state index contributed by atoms with van der Waals surface area (Å²) in [6.45, 7) is 0.188. The van der Waals surface area contributed by atoms with Crippen LogP contribution in [0.25, 0.3) is 0 Å². The lowest BCUT2D eigenvalue weighted by atomic mass is 10.5. The highest BCUT2D eigenvalue weighted by Gasteiger charge is 1.70. The molecule has 0 saturated heterocycles. The van der Waals surface area contributed by atoms with Gasteiger partial charge >= 0.3 is 0 Å².